The Kier molecular flexibility index (Phi) is 6.00. The number of ether oxygens (including phenoxy) is 1. The van der Waals surface area contributed by atoms with Crippen LogP contribution >= 0.6 is 11.6 Å². The summed E-state index contributed by atoms with van der Waals surface area (Å²) in [6.45, 7) is 5.08. The monoisotopic (exact) mass is 377 g/mol. The highest BCUT2D eigenvalue weighted by molar-refractivity contribution is 6.33. The van der Waals surface area contributed by atoms with Crippen LogP contribution in [-0.2, 0) is 11.8 Å². The van der Waals surface area contributed by atoms with Crippen LogP contribution in [0.2, 0.25) is 5.02 Å². The van der Waals surface area contributed by atoms with E-state index in [1.807, 2.05) is 32.3 Å². The van der Waals surface area contributed by atoms with Crippen molar-refractivity contribution in [2.45, 2.75) is 19.4 Å². The summed E-state index contributed by atoms with van der Waals surface area (Å²) in [7, 11) is 1.85. The third-order valence-corrected chi connectivity index (χ3v) is 4.74. The number of hydrogen-bond donors (Lipinski definition) is 2. The highest BCUT2D eigenvalue weighted by atomic mass is 35.5. The van der Waals surface area contributed by atoms with E-state index in [-0.39, 0.29) is 12.1 Å². The Bertz CT molecular complexity index is 758. The quantitative estimate of drug-likeness (QED) is 0.839. The number of urea groups is 1. The zero-order chi connectivity index (χ0) is 18.5. The van der Waals surface area contributed by atoms with E-state index < -0.39 is 0 Å². The summed E-state index contributed by atoms with van der Waals surface area (Å²) >= 11 is 6.27. The van der Waals surface area contributed by atoms with Crippen LogP contribution < -0.4 is 15.5 Å². The van der Waals surface area contributed by atoms with Crippen LogP contribution in [-0.4, -0.2) is 42.1 Å². The highest BCUT2D eigenvalue weighted by Gasteiger charge is 2.17. The Morgan fingerprint density at radius 2 is 2.15 bits per heavy atom. The number of amides is 2. The topological polar surface area (TPSA) is 71.4 Å². The molecular weight excluding hydrogens is 354 g/mol. The summed E-state index contributed by atoms with van der Waals surface area (Å²) < 4.78 is 7.11. The summed E-state index contributed by atoms with van der Waals surface area (Å²) in [4.78, 5) is 14.7. The number of halogens is 1. The van der Waals surface area contributed by atoms with Gasteiger partial charge >= 0.3 is 6.03 Å². The summed E-state index contributed by atoms with van der Waals surface area (Å²) in [5.74, 6) is 0. The van der Waals surface area contributed by atoms with Gasteiger partial charge in [-0.05, 0) is 24.6 Å². The number of carbonyl (C=O) groups is 1. The third kappa shape index (κ3) is 4.47. The maximum Gasteiger partial charge on any atom is 0.319 e. The summed E-state index contributed by atoms with van der Waals surface area (Å²) in [5, 5.41) is 10.5. The van der Waals surface area contributed by atoms with Crippen molar-refractivity contribution in [1.82, 2.24) is 15.1 Å². The first kappa shape index (κ1) is 18.5. The van der Waals surface area contributed by atoms with Crippen LogP contribution in [0.3, 0.4) is 0 Å². The maximum atomic E-state index is 12.5. The molecule has 2 N–H and O–H groups in total. The molecule has 2 amide bonds. The zero-order valence-electron chi connectivity index (χ0n) is 15.0. The number of aryl methyl sites for hydroxylation is 1. The van der Waals surface area contributed by atoms with Crippen molar-refractivity contribution < 1.29 is 9.53 Å². The minimum atomic E-state index is -0.290. The second-order valence-corrected chi connectivity index (χ2v) is 6.68. The van der Waals surface area contributed by atoms with Crippen LogP contribution in [0.1, 0.15) is 24.9 Å². The minimum Gasteiger partial charge on any atom is -0.378 e. The molecule has 7 nitrogen and oxygen atoms in total. The van der Waals surface area contributed by atoms with E-state index in [1.165, 1.54) is 0 Å². The van der Waals surface area contributed by atoms with Gasteiger partial charge in [-0.2, -0.15) is 5.10 Å². The Morgan fingerprint density at radius 1 is 1.38 bits per heavy atom. The van der Waals surface area contributed by atoms with Crippen molar-refractivity contribution in [3.8, 4) is 0 Å². The molecule has 0 spiro atoms. The lowest BCUT2D eigenvalue weighted by Crippen LogP contribution is -2.36. The maximum absolute atomic E-state index is 12.5. The van der Waals surface area contributed by atoms with E-state index >= 15 is 0 Å². The molecular formula is C18H24ClN5O2. The Morgan fingerprint density at radius 3 is 2.81 bits per heavy atom. The van der Waals surface area contributed by atoms with Gasteiger partial charge in [0.2, 0.25) is 0 Å². The molecule has 0 unspecified atom stereocenters. The average molecular weight is 378 g/mol. The SMILES string of the molecule is CC[C@@H](NC(=O)Nc1cc(N2CCOCC2)ccc1Cl)c1cnn(C)c1. The highest BCUT2D eigenvalue weighted by Crippen LogP contribution is 2.28. The number of nitrogens with zero attached hydrogens (tertiary/aromatic N) is 3. The largest absolute Gasteiger partial charge is 0.378 e. The molecule has 1 aromatic heterocycles. The van der Waals surface area contributed by atoms with Gasteiger partial charge < -0.3 is 20.3 Å². The normalized spacial score (nSPS) is 15.6. The van der Waals surface area contributed by atoms with Gasteiger partial charge in [-0.1, -0.05) is 18.5 Å². The molecule has 26 heavy (non-hydrogen) atoms. The predicted octanol–water partition coefficient (Wildman–Crippen LogP) is 3.18. The lowest BCUT2D eigenvalue weighted by Gasteiger charge is -2.29. The molecule has 1 aliphatic rings. The zero-order valence-corrected chi connectivity index (χ0v) is 15.8. The smallest absolute Gasteiger partial charge is 0.319 e. The van der Waals surface area contributed by atoms with Gasteiger partial charge in [-0.3, -0.25) is 4.68 Å². The van der Waals surface area contributed by atoms with Crippen LogP contribution in [0.5, 0.6) is 0 Å². The van der Waals surface area contributed by atoms with Crippen LogP contribution in [0.25, 0.3) is 0 Å². The molecule has 1 aliphatic heterocycles. The number of anilines is 2. The molecule has 1 aromatic carbocycles. The molecule has 0 radical (unpaired) electrons. The summed E-state index contributed by atoms with van der Waals surface area (Å²) in [6.07, 6.45) is 4.43. The first-order valence-corrected chi connectivity index (χ1v) is 9.13. The average Bonchev–Trinajstić information content (AvgIpc) is 3.08. The lowest BCUT2D eigenvalue weighted by molar-refractivity contribution is 0.122. The predicted molar refractivity (Wildman–Crippen MR) is 103 cm³/mol. The van der Waals surface area contributed by atoms with Crippen molar-refractivity contribution in [3.05, 3.63) is 41.2 Å². The standard InChI is InChI=1S/C18H24ClN5O2/c1-3-16(13-11-20-23(2)12-13)21-18(25)22-17-10-14(4-5-15(17)19)24-6-8-26-9-7-24/h4-5,10-12,16H,3,6-9H2,1-2H3,(H2,21,22,25)/t16-/m1/s1. The Labute approximate surface area is 158 Å². The number of benzene rings is 1. The molecule has 3 rings (SSSR count). The molecule has 8 heteroatoms. The van der Waals surface area contributed by atoms with E-state index in [2.05, 4.69) is 20.6 Å². The third-order valence-electron chi connectivity index (χ3n) is 4.42. The first-order chi connectivity index (χ1) is 12.6. The van der Waals surface area contributed by atoms with E-state index in [9.17, 15) is 4.79 Å². The number of morpholine rings is 1. The second-order valence-electron chi connectivity index (χ2n) is 6.27. The van der Waals surface area contributed by atoms with Crippen LogP contribution in [0, 0.1) is 0 Å². The molecule has 0 saturated carbocycles. The Hall–Kier alpha value is -2.25. The molecule has 2 aromatic rings. The van der Waals surface area contributed by atoms with E-state index in [0.717, 1.165) is 30.8 Å². The summed E-state index contributed by atoms with van der Waals surface area (Å²) in [5.41, 5.74) is 2.58. The molecule has 0 aliphatic carbocycles. The van der Waals surface area contributed by atoms with Crippen LogP contribution in [0.4, 0.5) is 16.2 Å². The number of aromatic nitrogens is 2. The lowest BCUT2D eigenvalue weighted by atomic mass is 10.1. The number of nitrogens with one attached hydrogen (secondary N) is 2. The van der Waals surface area contributed by atoms with Gasteiger partial charge in [-0.15, -0.1) is 0 Å². The molecule has 0 bridgehead atoms. The molecule has 140 valence electrons. The van der Waals surface area contributed by atoms with Crippen molar-refractivity contribution in [2.24, 2.45) is 7.05 Å². The van der Waals surface area contributed by atoms with Gasteiger partial charge in [0.25, 0.3) is 0 Å². The fraction of sp³-hybridized carbons (Fsp3) is 0.444. The van der Waals surface area contributed by atoms with Crippen LogP contribution in [0.15, 0.2) is 30.6 Å². The van der Waals surface area contributed by atoms with Crippen molar-refractivity contribution in [3.63, 3.8) is 0 Å². The fourth-order valence-corrected chi connectivity index (χ4v) is 3.15. The van der Waals surface area contributed by atoms with Gasteiger partial charge in [-0.25, -0.2) is 4.79 Å². The molecule has 1 saturated heterocycles. The van der Waals surface area contributed by atoms with Crippen molar-refractivity contribution in [1.29, 1.82) is 0 Å². The number of carbonyl (C=O) groups excluding carboxylic acids is 1. The van der Waals surface area contributed by atoms with E-state index in [0.29, 0.717) is 23.9 Å². The second kappa shape index (κ2) is 8.42. The van der Waals surface area contributed by atoms with E-state index in [1.54, 1.807) is 16.9 Å². The van der Waals surface area contributed by atoms with Crippen molar-refractivity contribution >= 4 is 29.0 Å². The fourth-order valence-electron chi connectivity index (χ4n) is 2.99. The van der Waals surface area contributed by atoms with Crippen molar-refractivity contribution in [2.75, 3.05) is 36.5 Å². The molecule has 2 heterocycles. The first-order valence-electron chi connectivity index (χ1n) is 8.75. The van der Waals surface area contributed by atoms with Gasteiger partial charge in [0, 0.05) is 37.6 Å². The number of rotatable bonds is 5. The molecule has 1 atom stereocenters. The van der Waals surface area contributed by atoms with Gasteiger partial charge in [0.15, 0.2) is 0 Å². The summed E-state index contributed by atoms with van der Waals surface area (Å²) in [6, 6.07) is 5.27. The molecule has 1 fully saturated rings. The Balaban J connectivity index is 1.68. The minimum absolute atomic E-state index is 0.107. The van der Waals surface area contributed by atoms with Gasteiger partial charge in [0.05, 0.1) is 36.2 Å². The number of hydrogen-bond acceptors (Lipinski definition) is 4. The van der Waals surface area contributed by atoms with E-state index in [4.69, 9.17) is 16.3 Å². The van der Waals surface area contributed by atoms with Gasteiger partial charge in [0.1, 0.15) is 0 Å².